The summed E-state index contributed by atoms with van der Waals surface area (Å²) in [7, 11) is -2.04. The van der Waals surface area contributed by atoms with Crippen LogP contribution < -0.4 is 4.72 Å². The molecule has 5 nitrogen and oxygen atoms in total. The lowest BCUT2D eigenvalue weighted by atomic mass is 10.1. The van der Waals surface area contributed by atoms with Gasteiger partial charge in [0.2, 0.25) is 10.0 Å². The van der Waals surface area contributed by atoms with Crippen LogP contribution in [0.3, 0.4) is 0 Å². The van der Waals surface area contributed by atoms with Gasteiger partial charge in [0.15, 0.2) is 0 Å². The molecule has 0 aliphatic heterocycles. The molecule has 0 amide bonds. The number of sulfonamides is 1. The lowest BCUT2D eigenvalue weighted by molar-refractivity contribution is 0.562. The second-order valence-electron chi connectivity index (χ2n) is 5.32. The van der Waals surface area contributed by atoms with Crippen LogP contribution in [0, 0.1) is 5.82 Å². The van der Waals surface area contributed by atoms with Crippen molar-refractivity contribution in [2.45, 2.75) is 10.9 Å². The maximum Gasteiger partial charge on any atom is 0.241 e. The summed E-state index contributed by atoms with van der Waals surface area (Å²) in [5.41, 5.74) is 0.762. The Labute approximate surface area is 139 Å². The molecular formula is C17H16FN3O2S. The molecule has 124 valence electrons. The molecule has 1 N–H and O–H groups in total. The summed E-state index contributed by atoms with van der Waals surface area (Å²) in [5.74, 6) is 0.0737. The van der Waals surface area contributed by atoms with Crippen LogP contribution in [-0.2, 0) is 17.1 Å². The molecule has 0 spiro atoms. The fourth-order valence-corrected chi connectivity index (χ4v) is 3.59. The number of nitrogens with one attached hydrogen (secondary N) is 1. The van der Waals surface area contributed by atoms with E-state index in [1.165, 1.54) is 12.1 Å². The van der Waals surface area contributed by atoms with Crippen molar-refractivity contribution >= 4 is 10.0 Å². The number of halogens is 1. The summed E-state index contributed by atoms with van der Waals surface area (Å²) in [6.07, 6.45) is 3.36. The largest absolute Gasteiger partial charge is 0.336 e. The molecule has 2 aromatic carbocycles. The highest BCUT2D eigenvalue weighted by Gasteiger charge is 2.25. The van der Waals surface area contributed by atoms with Gasteiger partial charge in [-0.05, 0) is 29.8 Å². The maximum absolute atomic E-state index is 13.0. The molecule has 0 radical (unpaired) electrons. The fraction of sp³-hybridized carbons (Fsp3) is 0.118. The van der Waals surface area contributed by atoms with Gasteiger partial charge >= 0.3 is 0 Å². The van der Waals surface area contributed by atoms with Crippen molar-refractivity contribution < 1.29 is 12.8 Å². The van der Waals surface area contributed by atoms with Crippen LogP contribution in [0.1, 0.15) is 17.4 Å². The minimum atomic E-state index is -3.84. The van der Waals surface area contributed by atoms with Crippen LogP contribution in [0.15, 0.2) is 71.9 Å². The highest BCUT2D eigenvalue weighted by atomic mass is 32.2. The molecule has 3 aromatic rings. The maximum atomic E-state index is 13.0. The van der Waals surface area contributed by atoms with E-state index >= 15 is 0 Å². The van der Waals surface area contributed by atoms with E-state index in [1.54, 1.807) is 24.0 Å². The van der Waals surface area contributed by atoms with E-state index < -0.39 is 21.9 Å². The van der Waals surface area contributed by atoms with E-state index in [2.05, 4.69) is 9.71 Å². The van der Waals surface area contributed by atoms with Crippen molar-refractivity contribution in [2.24, 2.45) is 7.05 Å². The van der Waals surface area contributed by atoms with Gasteiger partial charge in [-0.25, -0.2) is 17.8 Å². The van der Waals surface area contributed by atoms with Crippen molar-refractivity contribution in [1.82, 2.24) is 14.3 Å². The third-order valence-electron chi connectivity index (χ3n) is 3.65. The molecule has 1 aromatic heterocycles. The van der Waals surface area contributed by atoms with E-state index in [0.717, 1.165) is 17.7 Å². The van der Waals surface area contributed by atoms with Crippen molar-refractivity contribution in [3.05, 3.63) is 84.2 Å². The molecule has 0 bridgehead atoms. The van der Waals surface area contributed by atoms with Crippen molar-refractivity contribution in [1.29, 1.82) is 0 Å². The second-order valence-corrected chi connectivity index (χ2v) is 7.03. The Balaban J connectivity index is 2.01. The summed E-state index contributed by atoms with van der Waals surface area (Å²) in [4.78, 5) is 4.26. The average molecular weight is 345 g/mol. The van der Waals surface area contributed by atoms with Gasteiger partial charge in [0.25, 0.3) is 0 Å². The highest BCUT2D eigenvalue weighted by Crippen LogP contribution is 2.23. The molecule has 0 aliphatic carbocycles. The molecule has 0 fully saturated rings. The van der Waals surface area contributed by atoms with Gasteiger partial charge in [-0.15, -0.1) is 0 Å². The van der Waals surface area contributed by atoms with Crippen LogP contribution >= 0.6 is 0 Å². The van der Waals surface area contributed by atoms with Gasteiger partial charge in [-0.2, -0.15) is 4.72 Å². The van der Waals surface area contributed by atoms with E-state index in [1.807, 2.05) is 30.3 Å². The molecule has 3 rings (SSSR count). The molecule has 24 heavy (non-hydrogen) atoms. The van der Waals surface area contributed by atoms with Gasteiger partial charge in [0, 0.05) is 19.4 Å². The fourth-order valence-electron chi connectivity index (χ4n) is 2.41. The zero-order valence-corrected chi connectivity index (χ0v) is 13.7. The Morgan fingerprint density at radius 2 is 1.75 bits per heavy atom. The Hall–Kier alpha value is -2.51. The lowest BCUT2D eigenvalue weighted by Crippen LogP contribution is -2.31. The number of benzene rings is 2. The van der Waals surface area contributed by atoms with Crippen LogP contribution in [0.2, 0.25) is 0 Å². The average Bonchev–Trinajstić information content (AvgIpc) is 3.00. The first-order chi connectivity index (χ1) is 11.5. The summed E-state index contributed by atoms with van der Waals surface area (Å²) >= 11 is 0. The summed E-state index contributed by atoms with van der Waals surface area (Å²) in [6, 6.07) is 13.2. The predicted octanol–water partition coefficient (Wildman–Crippen LogP) is 2.63. The molecule has 0 saturated carbocycles. The molecule has 0 unspecified atom stereocenters. The van der Waals surface area contributed by atoms with Gasteiger partial charge in [0.1, 0.15) is 17.7 Å². The first-order valence-corrected chi connectivity index (χ1v) is 8.76. The van der Waals surface area contributed by atoms with Crippen LogP contribution in [0.4, 0.5) is 4.39 Å². The number of hydrogen-bond acceptors (Lipinski definition) is 3. The standard InChI is InChI=1S/C17H16FN3O2S/c1-21-12-11-19-17(21)16(13-5-3-2-4-6-13)20-24(22,23)15-9-7-14(18)8-10-15/h2-12,16,20H,1H3/t16-/m1/s1. The molecular weight excluding hydrogens is 329 g/mol. The molecule has 0 saturated heterocycles. The summed E-state index contributed by atoms with van der Waals surface area (Å²) in [5, 5.41) is 0. The van der Waals surface area contributed by atoms with Crippen LogP contribution in [0.25, 0.3) is 0 Å². The smallest absolute Gasteiger partial charge is 0.241 e. The van der Waals surface area contributed by atoms with Crippen molar-refractivity contribution in [3.63, 3.8) is 0 Å². The first-order valence-electron chi connectivity index (χ1n) is 7.27. The molecule has 7 heteroatoms. The van der Waals surface area contributed by atoms with Crippen molar-refractivity contribution in [2.75, 3.05) is 0 Å². The van der Waals surface area contributed by atoms with E-state index in [-0.39, 0.29) is 4.90 Å². The normalized spacial score (nSPS) is 12.9. The number of aryl methyl sites for hydroxylation is 1. The predicted molar refractivity (Wildman–Crippen MR) is 88.2 cm³/mol. The molecule has 1 atom stereocenters. The summed E-state index contributed by atoms with van der Waals surface area (Å²) < 4.78 is 42.8. The quantitative estimate of drug-likeness (QED) is 0.773. The van der Waals surface area contributed by atoms with Gasteiger partial charge in [-0.3, -0.25) is 0 Å². The Morgan fingerprint density at radius 3 is 2.33 bits per heavy atom. The SMILES string of the molecule is Cn1ccnc1[C@H](NS(=O)(=O)c1ccc(F)cc1)c1ccccc1. The van der Waals surface area contributed by atoms with Crippen LogP contribution in [-0.4, -0.2) is 18.0 Å². The number of rotatable bonds is 5. The van der Waals surface area contributed by atoms with E-state index in [4.69, 9.17) is 0 Å². The number of nitrogens with zero attached hydrogens (tertiary/aromatic N) is 2. The Kier molecular flexibility index (Phi) is 4.46. The minimum absolute atomic E-state index is 0.000889. The third-order valence-corrected chi connectivity index (χ3v) is 5.09. The second kappa shape index (κ2) is 6.54. The van der Waals surface area contributed by atoms with E-state index in [9.17, 15) is 12.8 Å². The Morgan fingerprint density at radius 1 is 1.08 bits per heavy atom. The topological polar surface area (TPSA) is 64.0 Å². The first kappa shape index (κ1) is 16.4. The molecule has 0 aliphatic rings. The number of imidazole rings is 1. The van der Waals surface area contributed by atoms with Gasteiger partial charge in [-0.1, -0.05) is 30.3 Å². The van der Waals surface area contributed by atoms with E-state index in [0.29, 0.717) is 5.82 Å². The summed E-state index contributed by atoms with van der Waals surface area (Å²) in [6.45, 7) is 0. The zero-order chi connectivity index (χ0) is 17.2. The Bertz CT molecular complexity index is 922. The van der Waals surface area contributed by atoms with Crippen LogP contribution in [0.5, 0.6) is 0 Å². The molecule has 1 heterocycles. The van der Waals surface area contributed by atoms with Gasteiger partial charge in [0.05, 0.1) is 4.90 Å². The zero-order valence-electron chi connectivity index (χ0n) is 12.9. The third kappa shape index (κ3) is 3.37. The number of hydrogen-bond donors (Lipinski definition) is 1. The van der Waals surface area contributed by atoms with Gasteiger partial charge < -0.3 is 4.57 Å². The monoisotopic (exact) mass is 345 g/mol. The van der Waals surface area contributed by atoms with Crippen molar-refractivity contribution in [3.8, 4) is 0 Å². The minimum Gasteiger partial charge on any atom is -0.336 e. The lowest BCUT2D eigenvalue weighted by Gasteiger charge is -2.19. The number of aromatic nitrogens is 2. The highest BCUT2D eigenvalue weighted by molar-refractivity contribution is 7.89.